The Morgan fingerprint density at radius 2 is 2.00 bits per heavy atom. The Morgan fingerprint density at radius 3 is 2.70 bits per heavy atom. The third-order valence-corrected chi connectivity index (χ3v) is 4.41. The van der Waals surface area contributed by atoms with Crippen molar-refractivity contribution in [3.05, 3.63) is 58.6 Å². The molecule has 6 heteroatoms. The van der Waals surface area contributed by atoms with Crippen molar-refractivity contribution in [3.63, 3.8) is 0 Å². The van der Waals surface area contributed by atoms with Crippen molar-refractivity contribution in [1.82, 2.24) is 9.88 Å². The standard InChI is InChI=1S/C17H16ClFN4/c18-15-11-21-5-4-13(15)12-22-6-8-23(9-7-22)17-3-1-2-16(19)14(17)10-20/h1-5,11H,6-9,12H2. The van der Waals surface area contributed by atoms with Crippen LogP contribution in [0.25, 0.3) is 0 Å². The normalized spacial score (nSPS) is 15.4. The van der Waals surface area contributed by atoms with Crippen LogP contribution in [0.1, 0.15) is 11.1 Å². The van der Waals surface area contributed by atoms with Crippen LogP contribution in [0.2, 0.25) is 5.02 Å². The van der Waals surface area contributed by atoms with E-state index in [-0.39, 0.29) is 5.56 Å². The predicted molar refractivity (Wildman–Crippen MR) is 87.9 cm³/mol. The van der Waals surface area contributed by atoms with Gasteiger partial charge in [-0.1, -0.05) is 17.7 Å². The Kier molecular flexibility index (Phi) is 4.75. The van der Waals surface area contributed by atoms with Gasteiger partial charge in [-0.25, -0.2) is 4.39 Å². The van der Waals surface area contributed by atoms with Gasteiger partial charge < -0.3 is 4.90 Å². The van der Waals surface area contributed by atoms with E-state index in [1.165, 1.54) is 6.07 Å². The lowest BCUT2D eigenvalue weighted by Crippen LogP contribution is -2.46. The van der Waals surface area contributed by atoms with E-state index in [2.05, 4.69) is 14.8 Å². The van der Waals surface area contributed by atoms with Gasteiger partial charge in [-0.05, 0) is 23.8 Å². The van der Waals surface area contributed by atoms with Gasteiger partial charge in [0.25, 0.3) is 0 Å². The van der Waals surface area contributed by atoms with Crippen LogP contribution < -0.4 is 4.90 Å². The van der Waals surface area contributed by atoms with E-state index >= 15 is 0 Å². The zero-order valence-corrected chi connectivity index (χ0v) is 13.3. The van der Waals surface area contributed by atoms with Crippen molar-refractivity contribution in [2.75, 3.05) is 31.1 Å². The van der Waals surface area contributed by atoms with Crippen LogP contribution in [0.4, 0.5) is 10.1 Å². The fourth-order valence-electron chi connectivity index (χ4n) is 2.81. The zero-order valence-electron chi connectivity index (χ0n) is 12.5. The number of pyridine rings is 1. The average Bonchev–Trinajstić information content (AvgIpc) is 2.57. The minimum Gasteiger partial charge on any atom is -0.368 e. The van der Waals surface area contributed by atoms with Gasteiger partial charge in [0.15, 0.2) is 0 Å². The van der Waals surface area contributed by atoms with Gasteiger partial charge in [-0.2, -0.15) is 5.26 Å². The molecule has 1 aliphatic heterocycles. The third kappa shape index (κ3) is 3.44. The second-order valence-corrected chi connectivity index (χ2v) is 5.88. The molecule has 0 atom stereocenters. The molecule has 0 spiro atoms. The van der Waals surface area contributed by atoms with E-state index in [9.17, 15) is 4.39 Å². The lowest BCUT2D eigenvalue weighted by atomic mass is 10.1. The molecule has 2 aromatic rings. The van der Waals surface area contributed by atoms with E-state index < -0.39 is 5.82 Å². The number of hydrogen-bond acceptors (Lipinski definition) is 4. The van der Waals surface area contributed by atoms with E-state index in [1.807, 2.05) is 12.1 Å². The molecule has 1 saturated heterocycles. The summed E-state index contributed by atoms with van der Waals surface area (Å²) < 4.78 is 13.7. The number of nitrogens with zero attached hydrogens (tertiary/aromatic N) is 4. The highest BCUT2D eigenvalue weighted by Gasteiger charge is 2.21. The fourth-order valence-corrected chi connectivity index (χ4v) is 2.99. The first-order chi connectivity index (χ1) is 11.2. The van der Waals surface area contributed by atoms with Crippen molar-refractivity contribution in [1.29, 1.82) is 5.26 Å². The highest BCUT2D eigenvalue weighted by molar-refractivity contribution is 6.31. The molecular weight excluding hydrogens is 315 g/mol. The number of piperazine rings is 1. The van der Waals surface area contributed by atoms with E-state index in [0.29, 0.717) is 10.7 Å². The number of rotatable bonds is 3. The summed E-state index contributed by atoms with van der Waals surface area (Å²) in [7, 11) is 0. The molecule has 1 fully saturated rings. The fraction of sp³-hybridized carbons (Fsp3) is 0.294. The van der Waals surface area contributed by atoms with E-state index in [4.69, 9.17) is 16.9 Å². The Morgan fingerprint density at radius 1 is 1.22 bits per heavy atom. The van der Waals surface area contributed by atoms with Crippen LogP contribution in [0.5, 0.6) is 0 Å². The predicted octanol–water partition coefficient (Wildman–Crippen LogP) is 3.07. The molecule has 0 unspecified atom stereocenters. The Bertz CT molecular complexity index is 736. The lowest BCUT2D eigenvalue weighted by Gasteiger charge is -2.36. The van der Waals surface area contributed by atoms with Crippen LogP contribution >= 0.6 is 11.6 Å². The first-order valence-corrected chi connectivity index (χ1v) is 7.81. The first-order valence-electron chi connectivity index (χ1n) is 7.43. The average molecular weight is 331 g/mol. The van der Waals surface area contributed by atoms with Gasteiger partial charge in [-0.15, -0.1) is 0 Å². The second-order valence-electron chi connectivity index (χ2n) is 5.48. The Hall–Kier alpha value is -2.16. The maximum Gasteiger partial charge on any atom is 0.143 e. The second kappa shape index (κ2) is 6.95. The maximum atomic E-state index is 13.7. The van der Waals surface area contributed by atoms with Crippen molar-refractivity contribution in [2.45, 2.75) is 6.54 Å². The number of anilines is 1. The summed E-state index contributed by atoms with van der Waals surface area (Å²) in [5.41, 5.74) is 1.85. The molecule has 2 heterocycles. The number of aromatic nitrogens is 1. The summed E-state index contributed by atoms with van der Waals surface area (Å²) in [6.07, 6.45) is 3.39. The summed E-state index contributed by atoms with van der Waals surface area (Å²) in [6, 6.07) is 8.66. The minimum atomic E-state index is -0.462. The minimum absolute atomic E-state index is 0.123. The van der Waals surface area contributed by atoms with Crippen LogP contribution in [0, 0.1) is 17.1 Å². The SMILES string of the molecule is N#Cc1c(F)cccc1N1CCN(Cc2ccncc2Cl)CC1. The molecular formula is C17H16ClFN4. The highest BCUT2D eigenvalue weighted by Crippen LogP contribution is 2.24. The van der Waals surface area contributed by atoms with E-state index in [1.54, 1.807) is 24.5 Å². The van der Waals surface area contributed by atoms with Gasteiger partial charge >= 0.3 is 0 Å². The summed E-state index contributed by atoms with van der Waals surface area (Å²) in [5, 5.41) is 9.83. The van der Waals surface area contributed by atoms with Crippen LogP contribution in [0.3, 0.4) is 0 Å². The third-order valence-electron chi connectivity index (χ3n) is 4.07. The van der Waals surface area contributed by atoms with Crippen molar-refractivity contribution in [3.8, 4) is 6.07 Å². The largest absolute Gasteiger partial charge is 0.368 e. The maximum absolute atomic E-state index is 13.7. The first kappa shape index (κ1) is 15.7. The molecule has 4 nitrogen and oxygen atoms in total. The molecule has 0 radical (unpaired) electrons. The Balaban J connectivity index is 1.67. The molecule has 0 amide bonds. The van der Waals surface area contributed by atoms with Gasteiger partial charge in [0, 0.05) is 45.1 Å². The summed E-state index contributed by atoms with van der Waals surface area (Å²) in [4.78, 5) is 8.35. The molecule has 23 heavy (non-hydrogen) atoms. The van der Waals surface area contributed by atoms with Crippen LogP contribution in [-0.4, -0.2) is 36.1 Å². The highest BCUT2D eigenvalue weighted by atomic mass is 35.5. The van der Waals surface area contributed by atoms with Gasteiger partial charge in [0.2, 0.25) is 0 Å². The van der Waals surface area contributed by atoms with Crippen molar-refractivity contribution < 1.29 is 4.39 Å². The molecule has 3 rings (SSSR count). The van der Waals surface area contributed by atoms with Crippen LogP contribution in [0.15, 0.2) is 36.7 Å². The number of benzene rings is 1. The van der Waals surface area contributed by atoms with Gasteiger partial charge in [0.1, 0.15) is 17.4 Å². The monoisotopic (exact) mass is 330 g/mol. The topological polar surface area (TPSA) is 43.2 Å². The number of nitriles is 1. The number of halogens is 2. The molecule has 0 aliphatic carbocycles. The zero-order chi connectivity index (χ0) is 16.2. The smallest absolute Gasteiger partial charge is 0.143 e. The van der Waals surface area contributed by atoms with Crippen molar-refractivity contribution >= 4 is 17.3 Å². The van der Waals surface area contributed by atoms with Crippen LogP contribution in [-0.2, 0) is 6.54 Å². The molecule has 1 aliphatic rings. The molecule has 1 aromatic heterocycles. The lowest BCUT2D eigenvalue weighted by molar-refractivity contribution is 0.250. The summed E-state index contributed by atoms with van der Waals surface area (Å²) in [5.74, 6) is -0.462. The molecule has 0 bridgehead atoms. The quantitative estimate of drug-likeness (QED) is 0.867. The summed E-state index contributed by atoms with van der Waals surface area (Å²) >= 11 is 6.15. The summed E-state index contributed by atoms with van der Waals surface area (Å²) in [6.45, 7) is 3.94. The van der Waals surface area contributed by atoms with Gasteiger partial charge in [-0.3, -0.25) is 9.88 Å². The Labute approximate surface area is 139 Å². The number of hydrogen-bond donors (Lipinski definition) is 0. The van der Waals surface area contributed by atoms with Gasteiger partial charge in [0.05, 0.1) is 10.7 Å². The van der Waals surface area contributed by atoms with Crippen molar-refractivity contribution in [2.24, 2.45) is 0 Å². The molecule has 1 aromatic carbocycles. The molecule has 0 saturated carbocycles. The van der Waals surface area contributed by atoms with E-state index in [0.717, 1.165) is 38.3 Å². The molecule has 0 N–H and O–H groups in total. The molecule has 118 valence electrons.